The zero-order valence-corrected chi connectivity index (χ0v) is 31.0. The molecule has 3 aromatic rings. The highest BCUT2D eigenvalue weighted by Gasteiger charge is 2.40. The SMILES string of the molecule is O=C1CC[C@H](N2Cc3cc(N4CCN(CC5CCN(C6C=CC([C@@H]7c8ccc(O)cc8CC[C@@H]7c7ccccc7)=CC6)CC5)CC4)ccc3C2=O)C(=O)N1. The van der Waals surface area contributed by atoms with Gasteiger partial charge in [-0.15, -0.1) is 0 Å². The Morgan fingerprint density at radius 1 is 0.796 bits per heavy atom. The van der Waals surface area contributed by atoms with Crippen LogP contribution < -0.4 is 10.2 Å². The predicted octanol–water partition coefficient (Wildman–Crippen LogP) is 5.76. The van der Waals surface area contributed by atoms with Crippen molar-refractivity contribution in [1.29, 1.82) is 0 Å². The van der Waals surface area contributed by atoms with E-state index in [9.17, 15) is 19.5 Å². The summed E-state index contributed by atoms with van der Waals surface area (Å²) in [6, 6.07) is 22.9. The number of piperidine rings is 2. The second-order valence-corrected chi connectivity index (χ2v) is 16.3. The van der Waals surface area contributed by atoms with Crippen LogP contribution in [0.1, 0.15) is 83.0 Å². The molecule has 54 heavy (non-hydrogen) atoms. The molecule has 2 aliphatic carbocycles. The van der Waals surface area contributed by atoms with E-state index in [4.69, 9.17) is 0 Å². The van der Waals surface area contributed by atoms with Crippen molar-refractivity contribution in [3.05, 3.63) is 118 Å². The van der Waals surface area contributed by atoms with Gasteiger partial charge in [0, 0.05) is 68.9 Å². The highest BCUT2D eigenvalue weighted by molar-refractivity contribution is 6.05. The van der Waals surface area contributed by atoms with E-state index in [0.29, 0.717) is 42.2 Å². The third-order valence-electron chi connectivity index (χ3n) is 13.2. The Balaban J connectivity index is 0.760. The first-order valence-corrected chi connectivity index (χ1v) is 20.1. The number of phenols is 1. The molecule has 6 aliphatic rings. The van der Waals surface area contributed by atoms with Crippen LogP contribution in [0.15, 0.2) is 90.5 Å². The van der Waals surface area contributed by atoms with E-state index in [2.05, 4.69) is 86.8 Å². The van der Waals surface area contributed by atoms with Crippen LogP contribution in [0.2, 0.25) is 0 Å². The number of allylic oxidation sites excluding steroid dienone is 2. The molecule has 0 radical (unpaired) electrons. The topological polar surface area (TPSA) is 96.4 Å². The molecule has 4 aliphatic heterocycles. The van der Waals surface area contributed by atoms with E-state index in [0.717, 1.165) is 82.2 Å². The number of rotatable bonds is 7. The Bertz CT molecular complexity index is 1980. The van der Waals surface area contributed by atoms with Gasteiger partial charge in [0.15, 0.2) is 0 Å². The quantitative estimate of drug-likeness (QED) is 0.300. The van der Waals surface area contributed by atoms with Gasteiger partial charge in [0.05, 0.1) is 0 Å². The van der Waals surface area contributed by atoms with Gasteiger partial charge in [-0.05, 0) is 122 Å². The molecule has 0 bridgehead atoms. The van der Waals surface area contributed by atoms with Crippen molar-refractivity contribution >= 4 is 23.4 Å². The van der Waals surface area contributed by atoms with Gasteiger partial charge in [-0.25, -0.2) is 0 Å². The number of likely N-dealkylation sites (tertiary alicyclic amines) is 1. The lowest BCUT2D eigenvalue weighted by Crippen LogP contribution is -2.52. The van der Waals surface area contributed by atoms with Crippen LogP contribution in [-0.4, -0.2) is 95.4 Å². The number of nitrogens with zero attached hydrogens (tertiary/aromatic N) is 4. The minimum absolute atomic E-state index is 0.118. The smallest absolute Gasteiger partial charge is 0.255 e. The molecule has 0 saturated carbocycles. The normalized spacial score (nSPS) is 26.7. The lowest BCUT2D eigenvalue weighted by molar-refractivity contribution is -0.136. The van der Waals surface area contributed by atoms with Gasteiger partial charge in [-0.1, -0.05) is 54.6 Å². The predicted molar refractivity (Wildman–Crippen MR) is 209 cm³/mol. The number of anilines is 1. The fourth-order valence-electron chi connectivity index (χ4n) is 10.2. The number of hydrogen-bond donors (Lipinski definition) is 2. The Hall–Kier alpha value is -4.73. The molecular weight excluding hydrogens is 675 g/mol. The molecule has 9 rings (SSSR count). The van der Waals surface area contributed by atoms with Gasteiger partial charge in [0.25, 0.3) is 5.91 Å². The largest absolute Gasteiger partial charge is 0.508 e. The van der Waals surface area contributed by atoms with Crippen molar-refractivity contribution in [2.75, 3.05) is 50.7 Å². The molecule has 3 amide bonds. The van der Waals surface area contributed by atoms with E-state index in [1.54, 1.807) is 4.90 Å². The van der Waals surface area contributed by atoms with E-state index < -0.39 is 6.04 Å². The van der Waals surface area contributed by atoms with Gasteiger partial charge in [-0.2, -0.15) is 0 Å². The summed E-state index contributed by atoms with van der Waals surface area (Å²) in [5.41, 5.74) is 8.25. The summed E-state index contributed by atoms with van der Waals surface area (Å²) < 4.78 is 0. The van der Waals surface area contributed by atoms with Crippen molar-refractivity contribution in [3.63, 3.8) is 0 Å². The number of benzene rings is 3. The zero-order valence-electron chi connectivity index (χ0n) is 31.0. The molecule has 0 spiro atoms. The van der Waals surface area contributed by atoms with E-state index >= 15 is 0 Å². The van der Waals surface area contributed by atoms with Crippen LogP contribution in [0.3, 0.4) is 0 Å². The first kappa shape index (κ1) is 35.0. The molecule has 3 saturated heterocycles. The molecule has 280 valence electrons. The van der Waals surface area contributed by atoms with E-state index in [1.165, 1.54) is 35.1 Å². The lowest BCUT2D eigenvalue weighted by atomic mass is 9.68. The molecule has 1 unspecified atom stereocenters. The van der Waals surface area contributed by atoms with Crippen LogP contribution in [-0.2, 0) is 22.6 Å². The summed E-state index contributed by atoms with van der Waals surface area (Å²) in [4.78, 5) is 46.6. The molecule has 3 aromatic carbocycles. The molecule has 0 aromatic heterocycles. The summed E-state index contributed by atoms with van der Waals surface area (Å²) in [6.45, 7) is 7.84. The van der Waals surface area contributed by atoms with Crippen LogP contribution in [0.5, 0.6) is 5.75 Å². The molecular formula is C45H51N5O4. The maximum atomic E-state index is 13.2. The summed E-state index contributed by atoms with van der Waals surface area (Å²) >= 11 is 0. The molecule has 4 atom stereocenters. The first-order valence-electron chi connectivity index (χ1n) is 20.1. The third-order valence-corrected chi connectivity index (χ3v) is 13.2. The summed E-state index contributed by atoms with van der Waals surface area (Å²) in [5.74, 6) is 1.08. The second-order valence-electron chi connectivity index (χ2n) is 16.3. The average Bonchev–Trinajstić information content (AvgIpc) is 3.53. The number of carbonyl (C=O) groups excluding carboxylic acids is 3. The number of piperazine rings is 1. The Morgan fingerprint density at radius 2 is 1.61 bits per heavy atom. The highest BCUT2D eigenvalue weighted by atomic mass is 16.3. The number of imide groups is 1. The number of amides is 3. The van der Waals surface area contributed by atoms with Crippen molar-refractivity contribution in [2.24, 2.45) is 5.92 Å². The fraction of sp³-hybridized carbons (Fsp3) is 0.444. The van der Waals surface area contributed by atoms with Crippen molar-refractivity contribution in [3.8, 4) is 5.75 Å². The summed E-state index contributed by atoms with van der Waals surface area (Å²) in [6.07, 6.45) is 13.6. The van der Waals surface area contributed by atoms with Gasteiger partial charge in [0.2, 0.25) is 11.8 Å². The molecule has 2 N–H and O–H groups in total. The number of phenolic OH excluding ortho intramolecular Hbond substituents is 1. The highest BCUT2D eigenvalue weighted by Crippen LogP contribution is 2.48. The van der Waals surface area contributed by atoms with Gasteiger partial charge >= 0.3 is 0 Å². The van der Waals surface area contributed by atoms with Gasteiger partial charge < -0.3 is 14.9 Å². The van der Waals surface area contributed by atoms with Crippen molar-refractivity contribution < 1.29 is 19.5 Å². The molecule has 4 heterocycles. The van der Waals surface area contributed by atoms with Crippen LogP contribution in [0, 0.1) is 5.92 Å². The molecule has 3 fully saturated rings. The monoisotopic (exact) mass is 725 g/mol. The van der Waals surface area contributed by atoms with Crippen molar-refractivity contribution in [2.45, 2.75) is 75.4 Å². The number of fused-ring (bicyclic) bond motifs is 2. The minimum Gasteiger partial charge on any atom is -0.508 e. The maximum Gasteiger partial charge on any atom is 0.255 e. The van der Waals surface area contributed by atoms with Crippen molar-refractivity contribution in [1.82, 2.24) is 20.0 Å². The second kappa shape index (κ2) is 14.8. The van der Waals surface area contributed by atoms with E-state index in [-0.39, 0.29) is 24.1 Å². The number of nitrogens with one attached hydrogen (secondary N) is 1. The number of aromatic hydroxyl groups is 1. The van der Waals surface area contributed by atoms with Gasteiger partial charge in [-0.3, -0.25) is 29.5 Å². The maximum absolute atomic E-state index is 13.2. The first-order chi connectivity index (χ1) is 26.4. The average molecular weight is 726 g/mol. The van der Waals surface area contributed by atoms with Crippen LogP contribution in [0.25, 0.3) is 0 Å². The lowest BCUT2D eigenvalue weighted by Gasteiger charge is -2.41. The van der Waals surface area contributed by atoms with Gasteiger partial charge in [0.1, 0.15) is 11.8 Å². The minimum atomic E-state index is -0.582. The Morgan fingerprint density at radius 3 is 2.37 bits per heavy atom. The van der Waals surface area contributed by atoms with Crippen LogP contribution >= 0.6 is 0 Å². The fourth-order valence-corrected chi connectivity index (χ4v) is 10.2. The molecule has 9 heteroatoms. The summed E-state index contributed by atoms with van der Waals surface area (Å²) in [7, 11) is 0. The zero-order chi connectivity index (χ0) is 36.8. The third kappa shape index (κ3) is 6.88. The number of carbonyl (C=O) groups is 3. The number of aryl methyl sites for hydroxylation is 1. The Kier molecular flexibility index (Phi) is 9.61. The molecule has 9 nitrogen and oxygen atoms in total. The van der Waals surface area contributed by atoms with Crippen LogP contribution in [0.4, 0.5) is 5.69 Å². The van der Waals surface area contributed by atoms with E-state index in [1.807, 2.05) is 18.2 Å². The number of hydrogen-bond acceptors (Lipinski definition) is 7. The summed E-state index contributed by atoms with van der Waals surface area (Å²) in [5, 5.41) is 12.6. The standard InChI is InChI=1S/C45H51N5O4/c51-37-12-15-39-33(27-37)8-13-38(31-4-2-1-3-5-31)43(39)32-6-9-35(10-7-32)48-20-18-30(19-21-48)28-47-22-24-49(25-23-47)36-11-14-40-34(26-36)29-50(45(40)54)41-16-17-42(52)46-44(41)53/h1-7,9,11-12,14-15,26-27,30,35,38,41,43,51H,8,10,13,16-25,28-29H2,(H,46,52,53)/t35?,38-,41+,43+/m1/s1. The Labute approximate surface area is 318 Å².